The highest BCUT2D eigenvalue weighted by atomic mass is 35.5. The van der Waals surface area contributed by atoms with Gasteiger partial charge in [-0.15, -0.1) is 0 Å². The first kappa shape index (κ1) is 23.3. The minimum absolute atomic E-state index is 0.320. The highest BCUT2D eigenvalue weighted by Gasteiger charge is 2.53. The zero-order valence-corrected chi connectivity index (χ0v) is 18.4. The van der Waals surface area contributed by atoms with E-state index in [1.165, 1.54) is 11.8 Å². The number of thioether (sulfide) groups is 1. The van der Waals surface area contributed by atoms with E-state index >= 15 is 0 Å². The Balaban J connectivity index is 1.82. The van der Waals surface area contributed by atoms with Crippen LogP contribution in [0.15, 0.2) is 18.2 Å². The molecule has 164 valence electrons. The van der Waals surface area contributed by atoms with E-state index < -0.39 is 30.2 Å². The fourth-order valence-corrected chi connectivity index (χ4v) is 5.17. The van der Waals surface area contributed by atoms with Gasteiger partial charge in [0.2, 0.25) is 5.79 Å². The Hall–Kier alpha value is -0.380. The topological polar surface area (TPSA) is 99.4 Å². The smallest absolute Gasteiger partial charge is 0.222 e. The van der Waals surface area contributed by atoms with E-state index in [9.17, 15) is 20.4 Å². The van der Waals surface area contributed by atoms with Crippen molar-refractivity contribution in [1.29, 1.82) is 0 Å². The first-order valence-electron chi connectivity index (χ1n) is 10.0. The molecule has 0 bridgehead atoms. The lowest BCUT2D eigenvalue weighted by atomic mass is 9.82. The summed E-state index contributed by atoms with van der Waals surface area (Å²) in [6.45, 7) is 0. The summed E-state index contributed by atoms with van der Waals surface area (Å²) in [7, 11) is 1.75. The second kappa shape index (κ2) is 9.83. The van der Waals surface area contributed by atoms with E-state index in [0.717, 1.165) is 37.7 Å². The van der Waals surface area contributed by atoms with E-state index in [-0.39, 0.29) is 0 Å². The number of rotatable bonds is 6. The van der Waals surface area contributed by atoms with Crippen LogP contribution < -0.4 is 0 Å². The summed E-state index contributed by atoms with van der Waals surface area (Å²) in [5, 5.41) is 42.7. The van der Waals surface area contributed by atoms with E-state index in [1.807, 2.05) is 6.26 Å². The molecule has 1 saturated heterocycles. The van der Waals surface area contributed by atoms with Gasteiger partial charge in [0, 0.05) is 23.4 Å². The Kier molecular flexibility index (Phi) is 7.89. The average Bonchev–Trinajstić information content (AvgIpc) is 2.72. The van der Waals surface area contributed by atoms with Crippen LogP contribution in [0.2, 0.25) is 5.02 Å². The van der Waals surface area contributed by atoms with E-state index in [0.29, 0.717) is 28.4 Å². The van der Waals surface area contributed by atoms with Crippen molar-refractivity contribution in [2.75, 3.05) is 19.1 Å². The van der Waals surface area contributed by atoms with Crippen molar-refractivity contribution in [3.8, 4) is 0 Å². The molecule has 5 atom stereocenters. The summed E-state index contributed by atoms with van der Waals surface area (Å²) in [5.74, 6) is -1.28. The van der Waals surface area contributed by atoms with Gasteiger partial charge < -0.3 is 29.9 Å². The molecular formula is C21H31ClO6S. The van der Waals surface area contributed by atoms with Crippen LogP contribution >= 0.6 is 23.4 Å². The summed E-state index contributed by atoms with van der Waals surface area (Å²) in [4.78, 5) is 0. The summed E-state index contributed by atoms with van der Waals surface area (Å²) in [6, 6.07) is 5.02. The number of hydrogen-bond acceptors (Lipinski definition) is 7. The molecule has 0 spiro atoms. The van der Waals surface area contributed by atoms with Crippen LogP contribution in [0.25, 0.3) is 0 Å². The van der Waals surface area contributed by atoms with Crippen molar-refractivity contribution >= 4 is 23.4 Å². The first-order chi connectivity index (χ1) is 13.8. The maximum atomic E-state index is 11.2. The van der Waals surface area contributed by atoms with E-state index in [1.54, 1.807) is 25.3 Å². The molecule has 1 aromatic rings. The summed E-state index contributed by atoms with van der Waals surface area (Å²) in [6.07, 6.45) is 1.76. The second-order valence-corrected chi connectivity index (χ2v) is 9.44. The average molecular weight is 447 g/mol. The predicted octanol–water partition coefficient (Wildman–Crippen LogP) is 2.08. The van der Waals surface area contributed by atoms with Gasteiger partial charge in [0.25, 0.3) is 0 Å². The highest BCUT2D eigenvalue weighted by Crippen LogP contribution is 2.39. The highest BCUT2D eigenvalue weighted by molar-refractivity contribution is 7.98. The lowest BCUT2D eigenvalue weighted by Gasteiger charge is -2.46. The first-order valence-corrected chi connectivity index (χ1v) is 11.8. The van der Waals surface area contributed by atoms with E-state index in [4.69, 9.17) is 21.1 Å². The molecule has 1 heterocycles. The molecule has 3 rings (SSSR count). The van der Waals surface area contributed by atoms with Gasteiger partial charge in [0.05, 0.1) is 12.2 Å². The van der Waals surface area contributed by atoms with Crippen LogP contribution in [-0.4, -0.2) is 70.1 Å². The molecule has 0 unspecified atom stereocenters. The molecule has 2 fully saturated rings. The minimum Gasteiger partial charge on any atom is -0.388 e. The quantitative estimate of drug-likeness (QED) is 0.531. The second-order valence-electron chi connectivity index (χ2n) is 8.12. The molecule has 0 aromatic heterocycles. The molecule has 0 radical (unpaired) electrons. The number of ether oxygens (including phenoxy) is 2. The molecular weight excluding hydrogens is 416 g/mol. The molecule has 4 N–H and O–H groups in total. The van der Waals surface area contributed by atoms with Gasteiger partial charge in [-0.05, 0) is 62.0 Å². The number of halogens is 1. The number of methoxy groups -OCH3 is 1. The Morgan fingerprint density at radius 1 is 1.17 bits per heavy atom. The Bertz CT molecular complexity index is 683. The molecule has 0 amide bonds. The maximum Gasteiger partial charge on any atom is 0.222 e. The zero-order valence-electron chi connectivity index (χ0n) is 16.8. The summed E-state index contributed by atoms with van der Waals surface area (Å²) in [5.41, 5.74) is 1.20. The van der Waals surface area contributed by atoms with Crippen molar-refractivity contribution in [2.24, 2.45) is 5.92 Å². The third kappa shape index (κ3) is 4.93. The molecule has 6 nitrogen and oxygen atoms in total. The monoisotopic (exact) mass is 446 g/mol. The fourth-order valence-electron chi connectivity index (χ4n) is 4.38. The molecule has 1 aliphatic heterocycles. The van der Waals surface area contributed by atoms with Crippen LogP contribution in [0.5, 0.6) is 0 Å². The third-order valence-corrected chi connectivity index (χ3v) is 7.24. The van der Waals surface area contributed by atoms with Crippen LogP contribution in [0.3, 0.4) is 0 Å². The van der Waals surface area contributed by atoms with Gasteiger partial charge in [-0.3, -0.25) is 0 Å². The number of aliphatic hydroxyl groups excluding tert-OH is 3. The van der Waals surface area contributed by atoms with Gasteiger partial charge in [0.1, 0.15) is 18.3 Å². The van der Waals surface area contributed by atoms with Crippen LogP contribution in [-0.2, 0) is 21.7 Å². The van der Waals surface area contributed by atoms with Crippen molar-refractivity contribution in [3.05, 3.63) is 34.3 Å². The van der Waals surface area contributed by atoms with Crippen molar-refractivity contribution in [1.82, 2.24) is 0 Å². The molecule has 1 aromatic carbocycles. The predicted molar refractivity (Wildman–Crippen MR) is 113 cm³/mol. The van der Waals surface area contributed by atoms with Crippen LogP contribution in [0.1, 0.15) is 36.8 Å². The van der Waals surface area contributed by atoms with Crippen LogP contribution in [0, 0.1) is 5.92 Å². The lowest BCUT2D eigenvalue weighted by Crippen LogP contribution is -2.63. The Morgan fingerprint density at radius 3 is 2.48 bits per heavy atom. The SMILES string of the molecule is COC1CCC(Cc2cc([C@]3(O)O[C@H](CSC)[C@@H](O)[C@H](O)[C@H]3O)ccc2Cl)CC1. The Morgan fingerprint density at radius 2 is 1.86 bits per heavy atom. The lowest BCUT2D eigenvalue weighted by molar-refractivity contribution is -0.350. The van der Waals surface area contributed by atoms with Gasteiger partial charge in [-0.1, -0.05) is 17.7 Å². The van der Waals surface area contributed by atoms with Gasteiger partial charge in [-0.2, -0.15) is 11.8 Å². The minimum atomic E-state index is -2.12. The van der Waals surface area contributed by atoms with Gasteiger partial charge in [0.15, 0.2) is 0 Å². The third-order valence-electron chi connectivity index (χ3n) is 6.21. The van der Waals surface area contributed by atoms with Crippen LogP contribution in [0.4, 0.5) is 0 Å². The van der Waals surface area contributed by atoms with E-state index in [2.05, 4.69) is 0 Å². The summed E-state index contributed by atoms with van der Waals surface area (Å²) < 4.78 is 11.2. The Labute approximate surface area is 181 Å². The molecule has 2 aliphatic rings. The maximum absolute atomic E-state index is 11.2. The van der Waals surface area contributed by atoms with Crippen molar-refractivity contribution in [2.45, 2.75) is 68.4 Å². The number of hydrogen-bond donors (Lipinski definition) is 4. The molecule has 1 saturated carbocycles. The van der Waals surface area contributed by atoms with Crippen molar-refractivity contribution in [3.63, 3.8) is 0 Å². The van der Waals surface area contributed by atoms with Gasteiger partial charge in [-0.25, -0.2) is 0 Å². The molecule has 1 aliphatic carbocycles. The molecule has 29 heavy (non-hydrogen) atoms. The largest absolute Gasteiger partial charge is 0.388 e. The zero-order chi connectivity index (χ0) is 21.2. The number of benzene rings is 1. The standard InChI is InChI=1S/C21H31ClO6S/c1-27-15-6-3-12(4-7-15)9-13-10-14(5-8-16(13)22)21(26)20(25)19(24)18(23)17(28-21)11-29-2/h5,8,10,12,15,17-20,23-26H,3-4,6-7,9,11H2,1-2H3/t12?,15?,17-,18-,19+,20-,21+/m1/s1. The van der Waals surface area contributed by atoms with Gasteiger partial charge >= 0.3 is 0 Å². The fraction of sp³-hybridized carbons (Fsp3) is 0.714. The van der Waals surface area contributed by atoms with Crippen molar-refractivity contribution < 1.29 is 29.9 Å². The molecule has 8 heteroatoms. The normalized spacial score (nSPS) is 38.2. The summed E-state index contributed by atoms with van der Waals surface area (Å²) >= 11 is 7.84. The number of aliphatic hydroxyl groups is 4.